The predicted octanol–water partition coefficient (Wildman–Crippen LogP) is 0.530. The van der Waals surface area contributed by atoms with Crippen LogP contribution in [0, 0.1) is 5.41 Å². The van der Waals surface area contributed by atoms with Gasteiger partial charge in [-0.15, -0.1) is 0 Å². The summed E-state index contributed by atoms with van der Waals surface area (Å²) in [5.74, 6) is -3.26. The van der Waals surface area contributed by atoms with E-state index in [0.29, 0.717) is 12.8 Å². The standard InChI is InChI=1S/C7H8F3NO3/c8-7(9,10)4(12)11-3-6(1-2-6)5(13)14/h1-3H2,(H,11,12)(H,13,14). The summed E-state index contributed by atoms with van der Waals surface area (Å²) in [5.41, 5.74) is -1.17. The Balaban J connectivity index is 2.42. The molecule has 1 amide bonds. The van der Waals surface area contributed by atoms with Gasteiger partial charge in [0.05, 0.1) is 5.41 Å². The predicted molar refractivity (Wildman–Crippen MR) is 38.4 cm³/mol. The summed E-state index contributed by atoms with van der Waals surface area (Å²) >= 11 is 0. The highest BCUT2D eigenvalue weighted by Crippen LogP contribution is 2.45. The largest absolute Gasteiger partial charge is 0.481 e. The van der Waals surface area contributed by atoms with E-state index in [1.807, 2.05) is 0 Å². The monoisotopic (exact) mass is 211 g/mol. The number of halogens is 3. The van der Waals surface area contributed by atoms with Gasteiger partial charge in [0, 0.05) is 6.54 Å². The van der Waals surface area contributed by atoms with Crippen LogP contribution in [0.25, 0.3) is 0 Å². The highest BCUT2D eigenvalue weighted by atomic mass is 19.4. The SMILES string of the molecule is O=C(NCC1(C(=O)O)CC1)C(F)(F)F. The second-order valence-electron chi connectivity index (χ2n) is 3.27. The van der Waals surface area contributed by atoms with Gasteiger partial charge in [-0.3, -0.25) is 9.59 Å². The summed E-state index contributed by atoms with van der Waals surface area (Å²) < 4.78 is 35.1. The molecule has 1 fully saturated rings. The van der Waals surface area contributed by atoms with Crippen molar-refractivity contribution in [3.63, 3.8) is 0 Å². The van der Waals surface area contributed by atoms with E-state index in [2.05, 4.69) is 0 Å². The van der Waals surface area contributed by atoms with Gasteiger partial charge in [-0.1, -0.05) is 0 Å². The third-order valence-electron chi connectivity index (χ3n) is 2.15. The maximum absolute atomic E-state index is 11.7. The van der Waals surface area contributed by atoms with Crippen LogP contribution in [0.2, 0.25) is 0 Å². The minimum atomic E-state index is -4.95. The van der Waals surface area contributed by atoms with Crippen molar-refractivity contribution in [2.24, 2.45) is 5.41 Å². The first-order valence-electron chi connectivity index (χ1n) is 3.86. The van der Waals surface area contributed by atoms with Gasteiger partial charge < -0.3 is 10.4 Å². The van der Waals surface area contributed by atoms with Crippen LogP contribution in [0.5, 0.6) is 0 Å². The minimum Gasteiger partial charge on any atom is -0.481 e. The summed E-state index contributed by atoms with van der Waals surface area (Å²) in [7, 11) is 0. The molecule has 7 heteroatoms. The number of amides is 1. The van der Waals surface area contributed by atoms with Gasteiger partial charge in [0.2, 0.25) is 0 Å². The highest BCUT2D eigenvalue weighted by molar-refractivity contribution is 5.83. The first kappa shape index (κ1) is 10.8. The molecule has 0 bridgehead atoms. The fourth-order valence-electron chi connectivity index (χ4n) is 0.967. The lowest BCUT2D eigenvalue weighted by Gasteiger charge is -2.12. The Hall–Kier alpha value is -1.27. The molecule has 0 radical (unpaired) electrons. The maximum atomic E-state index is 11.7. The number of alkyl halides is 3. The van der Waals surface area contributed by atoms with Gasteiger partial charge in [0.15, 0.2) is 0 Å². The number of carbonyl (C=O) groups is 2. The normalized spacial score (nSPS) is 18.8. The quantitative estimate of drug-likeness (QED) is 0.715. The van der Waals surface area contributed by atoms with E-state index in [-0.39, 0.29) is 0 Å². The zero-order valence-corrected chi connectivity index (χ0v) is 7.02. The van der Waals surface area contributed by atoms with Gasteiger partial charge in [-0.05, 0) is 12.8 Å². The van der Waals surface area contributed by atoms with E-state index in [0.717, 1.165) is 0 Å². The van der Waals surface area contributed by atoms with E-state index in [1.165, 1.54) is 0 Å². The first-order valence-corrected chi connectivity index (χ1v) is 3.86. The van der Waals surface area contributed by atoms with Crippen LogP contribution < -0.4 is 5.32 Å². The molecular weight excluding hydrogens is 203 g/mol. The van der Waals surface area contributed by atoms with Crippen molar-refractivity contribution in [3.05, 3.63) is 0 Å². The Morgan fingerprint density at radius 2 is 1.86 bits per heavy atom. The van der Waals surface area contributed by atoms with E-state index in [4.69, 9.17) is 5.11 Å². The molecule has 0 aliphatic heterocycles. The summed E-state index contributed by atoms with van der Waals surface area (Å²) in [6.07, 6.45) is -4.34. The Morgan fingerprint density at radius 1 is 1.36 bits per heavy atom. The molecule has 0 aromatic heterocycles. The van der Waals surface area contributed by atoms with Gasteiger partial charge in [0.1, 0.15) is 0 Å². The Morgan fingerprint density at radius 3 is 2.14 bits per heavy atom. The molecule has 2 N–H and O–H groups in total. The molecule has 1 aliphatic carbocycles. The van der Waals surface area contributed by atoms with Crippen molar-refractivity contribution < 1.29 is 27.9 Å². The summed E-state index contributed by atoms with van der Waals surface area (Å²) in [6.45, 7) is -0.458. The maximum Gasteiger partial charge on any atom is 0.471 e. The average molecular weight is 211 g/mol. The molecule has 1 aliphatic rings. The second-order valence-corrected chi connectivity index (χ2v) is 3.27. The van der Waals surface area contributed by atoms with E-state index >= 15 is 0 Å². The Labute approximate surface area is 77.1 Å². The van der Waals surface area contributed by atoms with Crippen LogP contribution in [-0.4, -0.2) is 29.7 Å². The molecule has 0 unspecified atom stereocenters. The third kappa shape index (κ3) is 2.15. The second kappa shape index (κ2) is 3.14. The van der Waals surface area contributed by atoms with Gasteiger partial charge in [0.25, 0.3) is 0 Å². The first-order chi connectivity index (χ1) is 6.28. The number of carboxylic acid groups (broad SMARTS) is 1. The van der Waals surface area contributed by atoms with Crippen LogP contribution in [-0.2, 0) is 9.59 Å². The van der Waals surface area contributed by atoms with E-state index in [9.17, 15) is 22.8 Å². The molecule has 0 saturated heterocycles. The lowest BCUT2D eigenvalue weighted by molar-refractivity contribution is -0.174. The molecule has 80 valence electrons. The van der Waals surface area contributed by atoms with Crippen LogP contribution >= 0.6 is 0 Å². The third-order valence-corrected chi connectivity index (χ3v) is 2.15. The molecule has 0 aromatic rings. The lowest BCUT2D eigenvalue weighted by atomic mass is 10.1. The number of hydrogen-bond acceptors (Lipinski definition) is 2. The zero-order chi connectivity index (χ0) is 11.0. The molecule has 14 heavy (non-hydrogen) atoms. The summed E-state index contributed by atoms with van der Waals surface area (Å²) in [5, 5.41) is 10.1. The summed E-state index contributed by atoms with van der Waals surface area (Å²) in [6, 6.07) is 0. The van der Waals surface area contributed by atoms with Gasteiger partial charge in [-0.2, -0.15) is 13.2 Å². The fourth-order valence-corrected chi connectivity index (χ4v) is 0.967. The molecule has 0 atom stereocenters. The average Bonchev–Trinajstić information content (AvgIpc) is 2.78. The molecule has 0 spiro atoms. The van der Waals surface area contributed by atoms with E-state index in [1.54, 1.807) is 5.32 Å². The molecule has 1 rings (SSSR count). The van der Waals surface area contributed by atoms with Crippen molar-refractivity contribution in [3.8, 4) is 0 Å². The number of aliphatic carboxylic acids is 1. The van der Waals surface area contributed by atoms with Crippen LogP contribution in [0.4, 0.5) is 13.2 Å². The van der Waals surface area contributed by atoms with Crippen molar-refractivity contribution >= 4 is 11.9 Å². The van der Waals surface area contributed by atoms with Crippen molar-refractivity contribution in [1.82, 2.24) is 5.32 Å². The van der Waals surface area contributed by atoms with Crippen molar-refractivity contribution in [1.29, 1.82) is 0 Å². The topological polar surface area (TPSA) is 66.4 Å². The van der Waals surface area contributed by atoms with Gasteiger partial charge >= 0.3 is 18.1 Å². The van der Waals surface area contributed by atoms with Crippen LogP contribution in [0.1, 0.15) is 12.8 Å². The zero-order valence-electron chi connectivity index (χ0n) is 7.02. The molecule has 0 aromatic carbocycles. The molecule has 0 heterocycles. The molecule has 1 saturated carbocycles. The van der Waals surface area contributed by atoms with Crippen molar-refractivity contribution in [2.45, 2.75) is 19.0 Å². The van der Waals surface area contributed by atoms with Crippen molar-refractivity contribution in [2.75, 3.05) is 6.54 Å². The molecule has 4 nitrogen and oxygen atoms in total. The van der Waals surface area contributed by atoms with Crippen LogP contribution in [0.15, 0.2) is 0 Å². The van der Waals surface area contributed by atoms with Crippen LogP contribution in [0.3, 0.4) is 0 Å². The lowest BCUT2D eigenvalue weighted by Crippen LogP contribution is -2.41. The highest BCUT2D eigenvalue weighted by Gasteiger charge is 2.51. The number of rotatable bonds is 3. The Kier molecular flexibility index (Phi) is 2.43. The minimum absolute atomic E-state index is 0.306. The summed E-state index contributed by atoms with van der Waals surface area (Å²) in [4.78, 5) is 20.8. The number of carboxylic acids is 1. The smallest absolute Gasteiger partial charge is 0.471 e. The Bertz CT molecular complexity index is 270. The number of carbonyl (C=O) groups excluding carboxylic acids is 1. The van der Waals surface area contributed by atoms with E-state index < -0.39 is 30.0 Å². The number of hydrogen-bond donors (Lipinski definition) is 2. The fraction of sp³-hybridized carbons (Fsp3) is 0.714. The molecular formula is C7H8F3NO3. The number of nitrogens with one attached hydrogen (secondary N) is 1. The van der Waals surface area contributed by atoms with Gasteiger partial charge in [-0.25, -0.2) is 0 Å².